The third-order valence-electron chi connectivity index (χ3n) is 6.30. The van der Waals surface area contributed by atoms with Crippen LogP contribution in [0.5, 0.6) is 0 Å². The summed E-state index contributed by atoms with van der Waals surface area (Å²) in [5, 5.41) is 0. The Bertz CT molecular complexity index is 664. The standard InChI is InChI=1S/C21H28N2O2/c1-16-9-17(11-22-10-16)13-25-15-21-8-4-7-19(21)12-23(14-21)20(24)18-5-2-3-6-18/h2-3,9-11,18-19H,4-8,12-15H2,1H3/t19-,21+/m1/s1. The number of rotatable bonds is 5. The highest BCUT2D eigenvalue weighted by Gasteiger charge is 2.51. The van der Waals surface area contributed by atoms with E-state index in [1.807, 2.05) is 12.4 Å². The second kappa shape index (κ2) is 6.91. The predicted molar refractivity (Wildman–Crippen MR) is 96.8 cm³/mol. The first-order valence-corrected chi connectivity index (χ1v) is 9.58. The van der Waals surface area contributed by atoms with Gasteiger partial charge in [-0.25, -0.2) is 0 Å². The maximum absolute atomic E-state index is 12.8. The van der Waals surface area contributed by atoms with Crippen molar-refractivity contribution < 1.29 is 9.53 Å². The number of allylic oxidation sites excluding steroid dienone is 2. The third-order valence-corrected chi connectivity index (χ3v) is 6.30. The molecule has 1 aromatic heterocycles. The molecule has 0 spiro atoms. The highest BCUT2D eigenvalue weighted by Crippen LogP contribution is 2.49. The minimum Gasteiger partial charge on any atom is -0.376 e. The fourth-order valence-corrected chi connectivity index (χ4v) is 4.96. The van der Waals surface area contributed by atoms with E-state index in [4.69, 9.17) is 4.74 Å². The van der Waals surface area contributed by atoms with Gasteiger partial charge in [0.2, 0.25) is 5.91 Å². The molecule has 25 heavy (non-hydrogen) atoms. The SMILES string of the molecule is Cc1cncc(COC[C@@]23CCC[C@@H]2CN(C(=O)C2CC=CC2)C3)c1. The van der Waals surface area contributed by atoms with Gasteiger partial charge in [-0.3, -0.25) is 9.78 Å². The first-order valence-electron chi connectivity index (χ1n) is 9.58. The number of aromatic nitrogens is 1. The van der Waals surface area contributed by atoms with E-state index in [-0.39, 0.29) is 11.3 Å². The molecule has 2 aliphatic carbocycles. The van der Waals surface area contributed by atoms with Crippen molar-refractivity contribution in [2.45, 2.75) is 45.6 Å². The number of carbonyl (C=O) groups excluding carboxylic acids is 1. The molecule has 1 amide bonds. The van der Waals surface area contributed by atoms with Gasteiger partial charge in [0, 0.05) is 36.8 Å². The van der Waals surface area contributed by atoms with Crippen molar-refractivity contribution >= 4 is 5.91 Å². The molecule has 1 aromatic rings. The maximum atomic E-state index is 12.8. The van der Waals surface area contributed by atoms with Gasteiger partial charge in [0.25, 0.3) is 0 Å². The fraction of sp³-hybridized carbons (Fsp3) is 0.619. The second-order valence-corrected chi connectivity index (χ2v) is 8.17. The van der Waals surface area contributed by atoms with E-state index >= 15 is 0 Å². The Morgan fingerprint density at radius 2 is 2.20 bits per heavy atom. The number of hydrogen-bond acceptors (Lipinski definition) is 3. The summed E-state index contributed by atoms with van der Waals surface area (Å²) in [5.74, 6) is 1.17. The first kappa shape index (κ1) is 16.8. The summed E-state index contributed by atoms with van der Waals surface area (Å²) < 4.78 is 6.13. The van der Waals surface area contributed by atoms with Gasteiger partial charge in [-0.05, 0) is 49.7 Å². The zero-order chi connectivity index (χ0) is 17.3. The Kier molecular flexibility index (Phi) is 4.63. The Hall–Kier alpha value is -1.68. The average molecular weight is 340 g/mol. The summed E-state index contributed by atoms with van der Waals surface area (Å²) in [6.45, 7) is 5.26. The highest BCUT2D eigenvalue weighted by molar-refractivity contribution is 5.80. The Labute approximate surface area is 150 Å². The lowest BCUT2D eigenvalue weighted by atomic mass is 9.81. The van der Waals surface area contributed by atoms with Gasteiger partial charge < -0.3 is 9.64 Å². The zero-order valence-corrected chi connectivity index (χ0v) is 15.1. The van der Waals surface area contributed by atoms with E-state index in [0.717, 1.165) is 38.1 Å². The Morgan fingerprint density at radius 1 is 1.36 bits per heavy atom. The molecule has 134 valence electrons. The molecule has 1 aliphatic heterocycles. The molecule has 0 aromatic carbocycles. The smallest absolute Gasteiger partial charge is 0.226 e. The number of pyridine rings is 1. The summed E-state index contributed by atoms with van der Waals surface area (Å²) in [4.78, 5) is 19.2. The number of fused-ring (bicyclic) bond motifs is 1. The van der Waals surface area contributed by atoms with Crippen molar-refractivity contribution in [1.29, 1.82) is 0 Å². The number of amides is 1. The number of hydrogen-bond donors (Lipinski definition) is 0. The van der Waals surface area contributed by atoms with Crippen LogP contribution in [-0.2, 0) is 16.1 Å². The molecule has 3 aliphatic rings. The van der Waals surface area contributed by atoms with Gasteiger partial charge in [0.1, 0.15) is 0 Å². The van der Waals surface area contributed by atoms with Gasteiger partial charge in [-0.2, -0.15) is 0 Å². The van der Waals surface area contributed by atoms with Crippen molar-refractivity contribution in [3.05, 3.63) is 41.7 Å². The highest BCUT2D eigenvalue weighted by atomic mass is 16.5. The van der Waals surface area contributed by atoms with E-state index in [2.05, 4.69) is 35.0 Å². The molecule has 2 fully saturated rings. The van der Waals surface area contributed by atoms with E-state index in [1.165, 1.54) is 24.8 Å². The van der Waals surface area contributed by atoms with Crippen LogP contribution in [0.15, 0.2) is 30.6 Å². The fourth-order valence-electron chi connectivity index (χ4n) is 4.96. The van der Waals surface area contributed by atoms with Gasteiger partial charge >= 0.3 is 0 Å². The van der Waals surface area contributed by atoms with Crippen LogP contribution in [0.2, 0.25) is 0 Å². The van der Waals surface area contributed by atoms with Crippen molar-refractivity contribution in [2.24, 2.45) is 17.3 Å². The molecule has 2 atom stereocenters. The minimum absolute atomic E-state index is 0.180. The minimum atomic E-state index is 0.180. The monoisotopic (exact) mass is 340 g/mol. The number of aryl methyl sites for hydroxylation is 1. The number of likely N-dealkylation sites (tertiary alicyclic amines) is 1. The molecular formula is C21H28N2O2. The lowest BCUT2D eigenvalue weighted by Gasteiger charge is -2.29. The predicted octanol–water partition coefficient (Wildman–Crippen LogP) is 3.50. The molecular weight excluding hydrogens is 312 g/mol. The molecule has 4 nitrogen and oxygen atoms in total. The van der Waals surface area contributed by atoms with Crippen LogP contribution in [0.3, 0.4) is 0 Å². The largest absolute Gasteiger partial charge is 0.376 e. The van der Waals surface area contributed by atoms with Crippen LogP contribution in [0.4, 0.5) is 0 Å². The topological polar surface area (TPSA) is 42.4 Å². The molecule has 4 rings (SSSR count). The first-order chi connectivity index (χ1) is 12.2. The lowest BCUT2D eigenvalue weighted by molar-refractivity contribution is -0.134. The maximum Gasteiger partial charge on any atom is 0.226 e. The van der Waals surface area contributed by atoms with Gasteiger partial charge in [0.05, 0.1) is 13.2 Å². The molecule has 0 N–H and O–H groups in total. The molecule has 1 saturated carbocycles. The van der Waals surface area contributed by atoms with Crippen LogP contribution >= 0.6 is 0 Å². The van der Waals surface area contributed by atoms with Crippen LogP contribution in [0.1, 0.15) is 43.2 Å². The normalized spacial score (nSPS) is 28.7. The molecule has 0 bridgehead atoms. The van der Waals surface area contributed by atoms with Crippen LogP contribution in [0, 0.1) is 24.2 Å². The van der Waals surface area contributed by atoms with Gasteiger partial charge in [-0.1, -0.05) is 24.6 Å². The number of carbonyl (C=O) groups is 1. The van der Waals surface area contributed by atoms with Gasteiger partial charge in [0.15, 0.2) is 0 Å². The second-order valence-electron chi connectivity index (χ2n) is 8.17. The molecule has 4 heteroatoms. The molecule has 0 radical (unpaired) electrons. The number of nitrogens with zero attached hydrogens (tertiary/aromatic N) is 2. The average Bonchev–Trinajstić information content (AvgIpc) is 3.30. The Balaban J connectivity index is 1.36. The summed E-state index contributed by atoms with van der Waals surface area (Å²) in [5.41, 5.74) is 2.48. The summed E-state index contributed by atoms with van der Waals surface area (Å²) in [6, 6.07) is 2.13. The zero-order valence-electron chi connectivity index (χ0n) is 15.1. The van der Waals surface area contributed by atoms with E-state index in [9.17, 15) is 4.79 Å². The number of ether oxygens (including phenoxy) is 1. The van der Waals surface area contributed by atoms with Crippen molar-refractivity contribution in [3.63, 3.8) is 0 Å². The van der Waals surface area contributed by atoms with Gasteiger partial charge in [-0.15, -0.1) is 0 Å². The van der Waals surface area contributed by atoms with E-state index in [0.29, 0.717) is 18.4 Å². The molecule has 2 heterocycles. The van der Waals surface area contributed by atoms with Crippen LogP contribution < -0.4 is 0 Å². The summed E-state index contributed by atoms with van der Waals surface area (Å²) in [6.07, 6.45) is 13.6. The lowest BCUT2D eigenvalue weighted by Crippen LogP contribution is -2.37. The third kappa shape index (κ3) is 3.37. The molecule has 1 saturated heterocycles. The Morgan fingerprint density at radius 3 is 3.00 bits per heavy atom. The van der Waals surface area contributed by atoms with Crippen LogP contribution in [-0.4, -0.2) is 35.5 Å². The van der Waals surface area contributed by atoms with Crippen molar-refractivity contribution in [2.75, 3.05) is 19.7 Å². The van der Waals surface area contributed by atoms with Crippen LogP contribution in [0.25, 0.3) is 0 Å². The van der Waals surface area contributed by atoms with Crippen molar-refractivity contribution in [3.8, 4) is 0 Å². The summed E-state index contributed by atoms with van der Waals surface area (Å²) >= 11 is 0. The van der Waals surface area contributed by atoms with E-state index < -0.39 is 0 Å². The quantitative estimate of drug-likeness (QED) is 0.771. The van der Waals surface area contributed by atoms with Crippen molar-refractivity contribution in [1.82, 2.24) is 9.88 Å². The summed E-state index contributed by atoms with van der Waals surface area (Å²) in [7, 11) is 0. The molecule has 0 unspecified atom stereocenters. The van der Waals surface area contributed by atoms with E-state index in [1.54, 1.807) is 0 Å².